The van der Waals surface area contributed by atoms with Gasteiger partial charge < -0.3 is 10.2 Å². The number of rotatable bonds is 7. The Balaban J connectivity index is 0.000000861. The molecular formula is C50H55N3. The van der Waals surface area contributed by atoms with Gasteiger partial charge in [-0.25, -0.2) is 0 Å². The molecule has 6 aromatic carbocycles. The van der Waals surface area contributed by atoms with E-state index in [0.717, 1.165) is 17.8 Å². The molecule has 53 heavy (non-hydrogen) atoms. The molecule has 0 saturated heterocycles. The van der Waals surface area contributed by atoms with Gasteiger partial charge in [-0.1, -0.05) is 187 Å². The zero-order valence-corrected chi connectivity index (χ0v) is 32.2. The van der Waals surface area contributed by atoms with Crippen molar-refractivity contribution >= 4 is 39.1 Å². The number of fused-ring (bicyclic) bond motifs is 1. The lowest BCUT2D eigenvalue weighted by atomic mass is 9.89. The van der Waals surface area contributed by atoms with Crippen molar-refractivity contribution in [3.63, 3.8) is 0 Å². The monoisotopic (exact) mass is 697 g/mol. The Kier molecular flexibility index (Phi) is 14.4. The lowest BCUT2D eigenvalue weighted by molar-refractivity contribution is 0.347. The van der Waals surface area contributed by atoms with Gasteiger partial charge in [-0.2, -0.15) is 0 Å². The van der Waals surface area contributed by atoms with Crippen LogP contribution in [0.5, 0.6) is 0 Å². The SMILES string of the molecule is C1=CC(C2NC(c3ccccc3)=CC(c3ccccc3)N2)CC=C1c1ccc(N(c2ccccc2)c2cccc3ccccc23)cc1.CC.CC.CC. The lowest BCUT2D eigenvalue weighted by Crippen LogP contribution is -2.50. The number of hydrogen-bond donors (Lipinski definition) is 2. The average molecular weight is 698 g/mol. The van der Waals surface area contributed by atoms with Crippen LogP contribution in [0.1, 0.15) is 70.7 Å². The Labute approximate surface area is 318 Å². The fourth-order valence-corrected chi connectivity index (χ4v) is 6.86. The van der Waals surface area contributed by atoms with Gasteiger partial charge in [0.2, 0.25) is 0 Å². The molecular weight excluding hydrogens is 643 g/mol. The van der Waals surface area contributed by atoms with Crippen LogP contribution in [0.4, 0.5) is 17.1 Å². The van der Waals surface area contributed by atoms with E-state index in [1.54, 1.807) is 0 Å². The fraction of sp³-hybridized carbons (Fsp3) is 0.200. The zero-order chi connectivity index (χ0) is 37.4. The molecule has 2 aliphatic rings. The molecule has 3 nitrogen and oxygen atoms in total. The third-order valence-electron chi connectivity index (χ3n) is 9.29. The summed E-state index contributed by atoms with van der Waals surface area (Å²) in [6, 6.07) is 56.3. The van der Waals surface area contributed by atoms with Gasteiger partial charge in [0.15, 0.2) is 0 Å². The van der Waals surface area contributed by atoms with Crippen LogP contribution in [-0.2, 0) is 0 Å². The smallest absolute Gasteiger partial charge is 0.0842 e. The van der Waals surface area contributed by atoms with E-state index >= 15 is 0 Å². The molecule has 0 spiro atoms. The van der Waals surface area contributed by atoms with Crippen molar-refractivity contribution in [3.05, 3.63) is 199 Å². The lowest BCUT2D eigenvalue weighted by Gasteiger charge is -2.37. The highest BCUT2D eigenvalue weighted by Crippen LogP contribution is 2.39. The molecule has 3 unspecified atom stereocenters. The van der Waals surface area contributed by atoms with Crippen molar-refractivity contribution in [1.82, 2.24) is 10.6 Å². The summed E-state index contributed by atoms with van der Waals surface area (Å²) in [5, 5.41) is 10.2. The van der Waals surface area contributed by atoms with Crippen LogP contribution in [0, 0.1) is 5.92 Å². The first-order chi connectivity index (χ1) is 26.3. The van der Waals surface area contributed by atoms with Gasteiger partial charge in [-0.3, -0.25) is 5.32 Å². The van der Waals surface area contributed by atoms with E-state index in [-0.39, 0.29) is 12.2 Å². The largest absolute Gasteiger partial charge is 0.369 e. The maximum atomic E-state index is 3.88. The number of benzene rings is 6. The first-order valence-electron chi connectivity index (χ1n) is 19.5. The highest BCUT2D eigenvalue weighted by molar-refractivity contribution is 5.99. The van der Waals surface area contributed by atoms with E-state index in [2.05, 4.69) is 198 Å². The van der Waals surface area contributed by atoms with E-state index in [1.807, 2.05) is 41.5 Å². The summed E-state index contributed by atoms with van der Waals surface area (Å²) in [7, 11) is 0. The van der Waals surface area contributed by atoms with Crippen molar-refractivity contribution in [3.8, 4) is 0 Å². The molecule has 1 aliphatic heterocycles. The Hall–Kier alpha value is -5.64. The number of hydrogen-bond acceptors (Lipinski definition) is 3. The van der Waals surface area contributed by atoms with E-state index in [0.29, 0.717) is 5.92 Å². The molecule has 6 aromatic rings. The van der Waals surface area contributed by atoms with Gasteiger partial charge in [0.05, 0.1) is 17.9 Å². The van der Waals surface area contributed by atoms with Crippen LogP contribution in [0.15, 0.2) is 182 Å². The Morgan fingerprint density at radius 3 is 1.79 bits per heavy atom. The van der Waals surface area contributed by atoms with Crippen molar-refractivity contribution in [1.29, 1.82) is 0 Å². The predicted octanol–water partition coefficient (Wildman–Crippen LogP) is 13.6. The molecule has 0 aromatic heterocycles. The first-order valence-corrected chi connectivity index (χ1v) is 19.5. The minimum Gasteiger partial charge on any atom is -0.369 e. The molecule has 0 radical (unpaired) electrons. The molecule has 2 N–H and O–H groups in total. The van der Waals surface area contributed by atoms with Crippen LogP contribution >= 0.6 is 0 Å². The summed E-state index contributed by atoms with van der Waals surface area (Å²) >= 11 is 0. The van der Waals surface area contributed by atoms with Crippen molar-refractivity contribution < 1.29 is 0 Å². The molecule has 3 heteroatoms. The van der Waals surface area contributed by atoms with Gasteiger partial charge >= 0.3 is 0 Å². The summed E-state index contributed by atoms with van der Waals surface area (Å²) in [5.74, 6) is 0.316. The Morgan fingerprint density at radius 1 is 0.547 bits per heavy atom. The molecule has 0 saturated carbocycles. The molecule has 0 bridgehead atoms. The van der Waals surface area contributed by atoms with Gasteiger partial charge in [-0.05, 0) is 70.5 Å². The third kappa shape index (κ3) is 9.24. The van der Waals surface area contributed by atoms with E-state index in [9.17, 15) is 0 Å². The number of nitrogens with one attached hydrogen (secondary N) is 2. The highest BCUT2D eigenvalue weighted by Gasteiger charge is 2.28. The minimum absolute atomic E-state index is 0.108. The van der Waals surface area contributed by atoms with Crippen molar-refractivity contribution in [2.75, 3.05) is 4.90 Å². The van der Waals surface area contributed by atoms with Crippen LogP contribution in [0.2, 0.25) is 0 Å². The van der Waals surface area contributed by atoms with Crippen LogP contribution < -0.4 is 15.5 Å². The third-order valence-corrected chi connectivity index (χ3v) is 9.29. The maximum Gasteiger partial charge on any atom is 0.0842 e. The summed E-state index contributed by atoms with van der Waals surface area (Å²) in [6.45, 7) is 12.0. The van der Waals surface area contributed by atoms with Crippen LogP contribution in [-0.4, -0.2) is 6.17 Å². The van der Waals surface area contributed by atoms with Gasteiger partial charge in [-0.15, -0.1) is 0 Å². The summed E-state index contributed by atoms with van der Waals surface area (Å²) in [5.41, 5.74) is 9.60. The standard InChI is InChI=1S/C44H37N3.3C2H6/c1-4-14-35(15-5-1)41-31-42(36-16-6-2-7-17-36)46-44(45-41)37-25-23-32(24-26-37)33-27-29-39(30-28-33)47(38-19-8-3-9-20-38)43-22-12-18-34-13-10-11-21-40(34)43;3*1-2/h1-25,27-31,37,41,44-46H,26H2;3*1-2H3. The molecule has 0 fully saturated rings. The molecule has 1 aliphatic carbocycles. The second-order valence-electron chi connectivity index (χ2n) is 12.3. The van der Waals surface area contributed by atoms with Crippen molar-refractivity contribution in [2.45, 2.75) is 60.2 Å². The highest BCUT2D eigenvalue weighted by atomic mass is 15.2. The number of allylic oxidation sites excluding steroid dienone is 3. The number of para-hydroxylation sites is 1. The summed E-state index contributed by atoms with van der Waals surface area (Å²) in [6.07, 6.45) is 10.4. The maximum absolute atomic E-state index is 3.88. The average Bonchev–Trinajstić information content (AvgIpc) is 3.27. The van der Waals surface area contributed by atoms with Crippen molar-refractivity contribution in [2.24, 2.45) is 5.92 Å². The van der Waals surface area contributed by atoms with Gasteiger partial charge in [0.25, 0.3) is 0 Å². The molecule has 8 rings (SSSR count). The Bertz CT molecular complexity index is 2060. The Morgan fingerprint density at radius 2 is 1.13 bits per heavy atom. The van der Waals surface area contributed by atoms with Crippen LogP contribution in [0.3, 0.4) is 0 Å². The second kappa shape index (κ2) is 19.8. The van der Waals surface area contributed by atoms with E-state index in [1.165, 1.54) is 44.4 Å². The van der Waals surface area contributed by atoms with E-state index < -0.39 is 0 Å². The summed E-state index contributed by atoms with van der Waals surface area (Å²) in [4.78, 5) is 2.36. The summed E-state index contributed by atoms with van der Waals surface area (Å²) < 4.78 is 0. The predicted molar refractivity (Wildman–Crippen MR) is 232 cm³/mol. The molecule has 1 heterocycles. The minimum atomic E-state index is 0.108. The number of nitrogens with zero attached hydrogens (tertiary/aromatic N) is 1. The second-order valence-corrected chi connectivity index (χ2v) is 12.3. The number of anilines is 3. The van der Waals surface area contributed by atoms with Crippen LogP contribution in [0.25, 0.3) is 22.0 Å². The molecule has 270 valence electrons. The normalized spacial score (nSPS) is 17.2. The molecule has 3 atom stereocenters. The van der Waals surface area contributed by atoms with E-state index in [4.69, 9.17) is 0 Å². The first kappa shape index (κ1) is 38.6. The molecule has 0 amide bonds. The topological polar surface area (TPSA) is 27.3 Å². The zero-order valence-electron chi connectivity index (χ0n) is 32.2. The fourth-order valence-electron chi connectivity index (χ4n) is 6.86. The quantitative estimate of drug-likeness (QED) is 0.174. The van der Waals surface area contributed by atoms with Gasteiger partial charge in [0.1, 0.15) is 0 Å². The van der Waals surface area contributed by atoms with Gasteiger partial charge in [0, 0.05) is 28.4 Å².